The van der Waals surface area contributed by atoms with E-state index in [0.717, 1.165) is 38.7 Å². The average Bonchev–Trinajstić information content (AvgIpc) is 4.07. The Kier molecular flexibility index (Phi) is 8.21. The summed E-state index contributed by atoms with van der Waals surface area (Å²) in [6.07, 6.45) is 0. The molecule has 4 aromatic heterocycles. The first-order valence-electron chi connectivity index (χ1n) is 22.8. The van der Waals surface area contributed by atoms with Gasteiger partial charge in [0.1, 0.15) is 0 Å². The maximum Gasteiger partial charge on any atom is 0.0991 e. The molecule has 0 bridgehead atoms. The number of anilines is 6. The summed E-state index contributed by atoms with van der Waals surface area (Å²) in [5.74, 6) is 0. The van der Waals surface area contributed by atoms with Crippen molar-refractivity contribution in [2.75, 3.05) is 9.80 Å². The molecule has 0 spiro atoms. The molecular formula is C59H45N5Si2. The molecule has 0 radical (unpaired) electrons. The molecule has 0 fully saturated rings. The number of aromatic nitrogens is 2. The molecule has 0 aliphatic rings. The van der Waals surface area contributed by atoms with Gasteiger partial charge in [-0.3, -0.25) is 0 Å². The highest BCUT2D eigenvalue weighted by Gasteiger charge is 2.27. The maximum absolute atomic E-state index is 9.73. The quantitative estimate of drug-likeness (QED) is 0.150. The zero-order chi connectivity index (χ0) is 44.6. The fraction of sp³-hybridized carbons (Fsp3) is 0.0678. The van der Waals surface area contributed by atoms with Gasteiger partial charge in [-0.15, -0.1) is 0 Å². The van der Waals surface area contributed by atoms with Crippen LogP contribution in [0.4, 0.5) is 34.1 Å². The Bertz CT molecular complexity index is 4050. The molecule has 4 heterocycles. The van der Waals surface area contributed by atoms with Crippen LogP contribution in [0.15, 0.2) is 182 Å². The molecule has 0 N–H and O–H groups in total. The van der Waals surface area contributed by atoms with Crippen molar-refractivity contribution in [1.29, 1.82) is 5.26 Å². The number of benzene rings is 9. The summed E-state index contributed by atoms with van der Waals surface area (Å²) >= 11 is 0. The monoisotopic (exact) mass is 879 g/mol. The van der Waals surface area contributed by atoms with Crippen LogP contribution in [0.5, 0.6) is 0 Å². The Morgan fingerprint density at radius 2 is 0.864 bits per heavy atom. The number of para-hydroxylation sites is 2. The second-order valence-corrected chi connectivity index (χ2v) is 25.3. The Balaban J connectivity index is 1.06. The number of nitrogens with zero attached hydrogens (tertiary/aromatic N) is 5. The minimum atomic E-state index is -1.52. The summed E-state index contributed by atoms with van der Waals surface area (Å²) < 4.78 is 5.04. The second kappa shape index (κ2) is 14.1. The summed E-state index contributed by atoms with van der Waals surface area (Å²) in [6.45, 7) is 9.33. The Hall–Kier alpha value is -7.90. The zero-order valence-electron chi connectivity index (χ0n) is 37.6. The van der Waals surface area contributed by atoms with Gasteiger partial charge in [0.2, 0.25) is 0 Å². The van der Waals surface area contributed by atoms with Gasteiger partial charge >= 0.3 is 0 Å². The van der Waals surface area contributed by atoms with Crippen LogP contribution in [0.25, 0.3) is 76.2 Å². The van der Waals surface area contributed by atoms with E-state index >= 15 is 0 Å². The van der Waals surface area contributed by atoms with Gasteiger partial charge in [0, 0.05) is 76.1 Å². The van der Waals surface area contributed by atoms with Crippen LogP contribution in [-0.2, 0) is 0 Å². The maximum atomic E-state index is 9.73. The van der Waals surface area contributed by atoms with Crippen molar-refractivity contribution in [3.63, 3.8) is 0 Å². The number of rotatable bonds is 7. The van der Waals surface area contributed by atoms with E-state index in [1.165, 1.54) is 97.8 Å². The van der Waals surface area contributed by atoms with Crippen LogP contribution in [0, 0.1) is 18.3 Å². The van der Waals surface area contributed by atoms with Crippen LogP contribution >= 0.6 is 0 Å². The highest BCUT2D eigenvalue weighted by molar-refractivity contribution is 6.88. The van der Waals surface area contributed by atoms with Crippen molar-refractivity contribution < 1.29 is 0 Å². The summed E-state index contributed by atoms with van der Waals surface area (Å²) in [6, 6.07) is 69.6. The Morgan fingerprint density at radius 1 is 0.455 bits per heavy atom. The van der Waals surface area contributed by atoms with E-state index in [1.807, 2.05) is 12.1 Å². The lowest BCUT2D eigenvalue weighted by atomic mass is 10.0. The molecule has 314 valence electrons. The zero-order valence-corrected chi connectivity index (χ0v) is 40.6. The predicted molar refractivity (Wildman–Crippen MR) is 287 cm³/mol. The first kappa shape index (κ1) is 38.6. The van der Waals surface area contributed by atoms with Gasteiger partial charge in [0.25, 0.3) is 0 Å². The molecule has 9 aromatic carbocycles. The van der Waals surface area contributed by atoms with Crippen LogP contribution in [-0.4, -0.2) is 27.1 Å². The summed E-state index contributed by atoms with van der Waals surface area (Å²) in [5, 5.41) is 22.5. The lowest BCUT2D eigenvalue weighted by Gasteiger charge is -2.27. The number of hydrogen-bond acceptors (Lipinski definition) is 3. The molecule has 5 nitrogen and oxygen atoms in total. The summed E-state index contributed by atoms with van der Waals surface area (Å²) in [5.41, 5.74) is 15.9. The lowest BCUT2D eigenvalue weighted by molar-refractivity contribution is 1.29. The molecule has 13 rings (SSSR count). The second-order valence-electron chi connectivity index (χ2n) is 19.1. The molecule has 0 aliphatic carbocycles. The van der Waals surface area contributed by atoms with Gasteiger partial charge in [-0.1, -0.05) is 121 Å². The molecule has 0 atom stereocenters. The van der Waals surface area contributed by atoms with E-state index < -0.39 is 8.07 Å². The molecular weight excluding hydrogens is 835 g/mol. The third kappa shape index (κ3) is 5.49. The van der Waals surface area contributed by atoms with E-state index in [0.29, 0.717) is 5.56 Å². The van der Waals surface area contributed by atoms with Crippen molar-refractivity contribution in [3.8, 4) is 6.07 Å². The summed E-state index contributed by atoms with van der Waals surface area (Å²) in [7, 11) is -0.505. The highest BCUT2D eigenvalue weighted by Crippen LogP contribution is 2.50. The fourth-order valence-corrected chi connectivity index (χ4v) is 12.4. The largest absolute Gasteiger partial charge is 0.310 e. The minimum absolute atomic E-state index is 0.647. The standard InChI is InChI=1S/C59H45N5Si2/c1-36-17-21-38(22-18-36)61(40-25-29-42(65)30-26-40)50-13-7-15-52-56(50)46-11-5-9-44-48-34-55-49(33-54(48)63(52)58(44)46)45-10-6-12-47-57-51(14-8-16-53(57)64(55)59(45)47)62(39-23-19-37(35-60)20-24-39)41-27-31-43(32-28-41)66(2,3)4/h5-34H,1-4,65H3. The fourth-order valence-electron chi connectivity index (χ4n) is 10.9. The van der Waals surface area contributed by atoms with Crippen LogP contribution < -0.4 is 20.2 Å². The van der Waals surface area contributed by atoms with Crippen molar-refractivity contribution in [1.82, 2.24) is 8.80 Å². The van der Waals surface area contributed by atoms with Gasteiger partial charge < -0.3 is 18.6 Å². The molecule has 7 heteroatoms. The third-order valence-corrected chi connectivity index (χ3v) is 16.8. The van der Waals surface area contributed by atoms with Crippen LogP contribution in [0.2, 0.25) is 19.6 Å². The van der Waals surface area contributed by atoms with Crippen molar-refractivity contribution in [2.45, 2.75) is 26.6 Å². The number of aryl methyl sites for hydroxylation is 1. The van der Waals surface area contributed by atoms with Crippen LogP contribution in [0.3, 0.4) is 0 Å². The first-order chi connectivity index (χ1) is 32.2. The van der Waals surface area contributed by atoms with Crippen molar-refractivity contribution >= 4 is 139 Å². The first-order valence-corrected chi connectivity index (χ1v) is 27.3. The number of hydrogen-bond donors (Lipinski definition) is 0. The summed E-state index contributed by atoms with van der Waals surface area (Å²) in [4.78, 5) is 4.80. The van der Waals surface area contributed by atoms with Crippen molar-refractivity contribution in [2.24, 2.45) is 0 Å². The molecule has 0 amide bonds. The number of nitriles is 1. The van der Waals surface area contributed by atoms with Gasteiger partial charge in [-0.05, 0) is 104 Å². The molecule has 0 aliphatic heterocycles. The molecule has 0 unspecified atom stereocenters. The van der Waals surface area contributed by atoms with Gasteiger partial charge in [-0.25, -0.2) is 0 Å². The van der Waals surface area contributed by atoms with Gasteiger partial charge in [0.05, 0.1) is 64.2 Å². The minimum Gasteiger partial charge on any atom is -0.310 e. The van der Waals surface area contributed by atoms with Gasteiger partial charge in [0.15, 0.2) is 0 Å². The SMILES string of the molecule is Cc1ccc(N(c2ccc([SiH3])cc2)c2cccc3c2c2cccc4c5cc6c(cc5n3c42)c2cccc3c4c(N(c5ccc(C#N)cc5)c5ccc([Si](C)(C)C)cc5)cccc4n6c23)cc1. The Labute approximate surface area is 386 Å². The van der Waals surface area contributed by atoms with Crippen LogP contribution in [0.1, 0.15) is 11.1 Å². The van der Waals surface area contributed by atoms with E-state index in [9.17, 15) is 5.26 Å². The molecule has 66 heavy (non-hydrogen) atoms. The molecule has 0 saturated heterocycles. The predicted octanol–water partition coefficient (Wildman–Crippen LogP) is 13.6. The van der Waals surface area contributed by atoms with E-state index in [2.05, 4.69) is 221 Å². The highest BCUT2D eigenvalue weighted by atomic mass is 28.3. The third-order valence-electron chi connectivity index (χ3n) is 14.1. The van der Waals surface area contributed by atoms with Crippen molar-refractivity contribution in [3.05, 3.63) is 193 Å². The van der Waals surface area contributed by atoms with E-state index in [-0.39, 0.29) is 0 Å². The Morgan fingerprint density at radius 3 is 1.32 bits per heavy atom. The smallest absolute Gasteiger partial charge is 0.0991 e. The molecule has 0 saturated carbocycles. The molecule has 13 aromatic rings. The van der Waals surface area contributed by atoms with E-state index in [1.54, 1.807) is 0 Å². The average molecular weight is 880 g/mol. The number of fused-ring (bicyclic) bond motifs is 12. The topological polar surface area (TPSA) is 39.1 Å². The normalized spacial score (nSPS) is 12.3. The lowest BCUT2D eigenvalue weighted by Crippen LogP contribution is -2.37. The van der Waals surface area contributed by atoms with E-state index in [4.69, 9.17) is 0 Å². The van der Waals surface area contributed by atoms with Gasteiger partial charge in [-0.2, -0.15) is 5.26 Å².